The van der Waals surface area contributed by atoms with Gasteiger partial charge in [0.15, 0.2) is 5.54 Å². The topological polar surface area (TPSA) is 63.1 Å². The molecule has 3 atom stereocenters. The molecule has 5 rings (SSSR count). The zero-order chi connectivity index (χ0) is 27.1. The van der Waals surface area contributed by atoms with Crippen molar-refractivity contribution in [2.24, 2.45) is 0 Å². The van der Waals surface area contributed by atoms with Gasteiger partial charge in [0.25, 0.3) is 5.56 Å². The first-order chi connectivity index (χ1) is 18.0. The van der Waals surface area contributed by atoms with Gasteiger partial charge in [-0.3, -0.25) is 9.36 Å². The van der Waals surface area contributed by atoms with Gasteiger partial charge in [0.2, 0.25) is 5.95 Å². The van der Waals surface area contributed by atoms with Crippen molar-refractivity contribution in [3.05, 3.63) is 46.2 Å². The number of nitrogens with zero attached hydrogens (tertiary/aromatic N) is 5. The highest BCUT2D eigenvalue weighted by Gasteiger charge is 2.59. The zero-order valence-electron chi connectivity index (χ0n) is 22.2. The van der Waals surface area contributed by atoms with Gasteiger partial charge in [-0.25, -0.2) is 0 Å². The number of ether oxygens (including phenoxy) is 2. The average Bonchev–Trinajstić information content (AvgIpc) is 3.36. The minimum Gasteiger partial charge on any atom is -0.494 e. The lowest BCUT2D eigenvalue weighted by atomic mass is 10.00. The van der Waals surface area contributed by atoms with Crippen LogP contribution in [0.5, 0.6) is 5.75 Å². The van der Waals surface area contributed by atoms with E-state index in [1.165, 1.54) is 11.0 Å². The van der Waals surface area contributed by atoms with Crippen LogP contribution in [0.2, 0.25) is 0 Å². The molecule has 0 saturated carbocycles. The monoisotopic (exact) mass is 535 g/mol. The molecule has 8 nitrogen and oxygen atoms in total. The fourth-order valence-electron chi connectivity index (χ4n) is 5.57. The van der Waals surface area contributed by atoms with Gasteiger partial charge in [0.05, 0.1) is 25.4 Å². The summed E-state index contributed by atoms with van der Waals surface area (Å²) in [5.41, 5.74) is -1.81. The van der Waals surface area contributed by atoms with E-state index in [-0.39, 0.29) is 24.7 Å². The maximum absolute atomic E-state index is 14.4. The van der Waals surface area contributed by atoms with Crippen molar-refractivity contribution >= 4 is 11.8 Å². The molecule has 3 aliphatic heterocycles. The number of rotatable bonds is 9. The summed E-state index contributed by atoms with van der Waals surface area (Å²) in [5, 5.41) is 0. The first-order valence-electron chi connectivity index (χ1n) is 13.3. The van der Waals surface area contributed by atoms with E-state index < -0.39 is 23.8 Å². The van der Waals surface area contributed by atoms with E-state index in [0.29, 0.717) is 31.9 Å². The Kier molecular flexibility index (Phi) is 7.34. The molecule has 11 heteroatoms. The maximum atomic E-state index is 14.4. The van der Waals surface area contributed by atoms with E-state index in [4.69, 9.17) is 9.47 Å². The van der Waals surface area contributed by atoms with Gasteiger partial charge in [0.1, 0.15) is 11.6 Å². The van der Waals surface area contributed by atoms with E-state index >= 15 is 0 Å². The first-order valence-corrected chi connectivity index (χ1v) is 13.3. The number of aromatic nitrogens is 2. The second-order valence-electron chi connectivity index (χ2n) is 11.0. The van der Waals surface area contributed by atoms with Crippen LogP contribution in [0.4, 0.5) is 24.9 Å². The molecule has 2 bridgehead atoms. The predicted molar refractivity (Wildman–Crippen MR) is 139 cm³/mol. The highest BCUT2D eigenvalue weighted by molar-refractivity contribution is 5.50. The number of alkyl halides is 3. The zero-order valence-corrected chi connectivity index (χ0v) is 22.2. The van der Waals surface area contributed by atoms with Crippen LogP contribution in [0.3, 0.4) is 0 Å². The second-order valence-corrected chi connectivity index (χ2v) is 11.0. The minimum absolute atomic E-state index is 0.0723. The summed E-state index contributed by atoms with van der Waals surface area (Å²) < 4.78 is 56.0. The highest BCUT2D eigenvalue weighted by Crippen LogP contribution is 2.43. The van der Waals surface area contributed by atoms with Gasteiger partial charge < -0.3 is 24.2 Å². The number of benzene rings is 1. The van der Waals surface area contributed by atoms with Crippen molar-refractivity contribution in [3.8, 4) is 5.75 Å². The molecule has 0 aliphatic carbocycles. The fourth-order valence-corrected chi connectivity index (χ4v) is 5.57. The lowest BCUT2D eigenvalue weighted by Crippen LogP contribution is -2.56. The van der Waals surface area contributed by atoms with Crippen LogP contribution in [-0.2, 0) is 17.7 Å². The molecule has 0 radical (unpaired) electrons. The van der Waals surface area contributed by atoms with Crippen molar-refractivity contribution < 1.29 is 22.6 Å². The second kappa shape index (κ2) is 10.4. The minimum atomic E-state index is -4.55. The number of hydrogen-bond donors (Lipinski definition) is 0. The highest BCUT2D eigenvalue weighted by atomic mass is 19.4. The maximum Gasteiger partial charge on any atom is 0.413 e. The Morgan fingerprint density at radius 1 is 1.16 bits per heavy atom. The van der Waals surface area contributed by atoms with Crippen molar-refractivity contribution in [2.45, 2.75) is 63.1 Å². The normalized spacial score (nSPS) is 24.8. The molecule has 1 aromatic heterocycles. The fraction of sp³-hybridized carbons (Fsp3) is 0.630. The Bertz CT molecular complexity index is 1170. The smallest absolute Gasteiger partial charge is 0.413 e. The Hall–Kier alpha value is -2.79. The summed E-state index contributed by atoms with van der Waals surface area (Å²) >= 11 is 0. The van der Waals surface area contributed by atoms with Gasteiger partial charge >= 0.3 is 6.18 Å². The third-order valence-electron chi connectivity index (χ3n) is 7.82. The molecule has 2 aromatic rings. The summed E-state index contributed by atoms with van der Waals surface area (Å²) in [6, 6.07) is 8.82. The quantitative estimate of drug-likeness (QED) is 0.457. The van der Waals surface area contributed by atoms with Crippen LogP contribution < -0.4 is 20.1 Å². The first kappa shape index (κ1) is 26.8. The van der Waals surface area contributed by atoms with Crippen LogP contribution in [0.15, 0.2) is 35.1 Å². The number of fused-ring (bicyclic) bond motifs is 3. The van der Waals surface area contributed by atoms with Gasteiger partial charge in [-0.15, -0.1) is 0 Å². The lowest BCUT2D eigenvalue weighted by molar-refractivity contribution is -0.182. The molecule has 2 fully saturated rings. The standard InChI is InChI=1S/C27H36F3N5O3/c1-26(27(28,29)30)18-34-24(36)15-23(33-16-21-9-10-22(17-33)38-21)31-25(34)35(26)13-11-19-5-7-20(8-6-19)37-14-4-12-32(2)3/h5-8,15,21-22H,4,9-14,16-18H2,1-3H3. The van der Waals surface area contributed by atoms with Crippen LogP contribution in [0.25, 0.3) is 0 Å². The SMILES string of the molecule is CN(C)CCCOc1ccc(CCN2c3nc(N4CC5CCC(C4)O5)cc(=O)n3CC2(C)C(F)(F)F)cc1. The Labute approximate surface area is 220 Å². The molecular formula is C27H36F3N5O3. The molecular weight excluding hydrogens is 499 g/mol. The summed E-state index contributed by atoms with van der Waals surface area (Å²) in [4.78, 5) is 23.0. The third-order valence-corrected chi connectivity index (χ3v) is 7.82. The molecule has 2 saturated heterocycles. The van der Waals surface area contributed by atoms with Crippen LogP contribution in [0, 0.1) is 0 Å². The number of halogens is 3. The van der Waals surface area contributed by atoms with Gasteiger partial charge in [-0.1, -0.05) is 12.1 Å². The Morgan fingerprint density at radius 2 is 1.84 bits per heavy atom. The molecule has 0 amide bonds. The van der Waals surface area contributed by atoms with E-state index in [1.807, 2.05) is 43.3 Å². The van der Waals surface area contributed by atoms with Crippen molar-refractivity contribution in [1.82, 2.24) is 14.5 Å². The number of morpholine rings is 1. The van der Waals surface area contributed by atoms with E-state index in [1.54, 1.807) is 0 Å². The molecule has 0 spiro atoms. The third kappa shape index (κ3) is 5.36. The van der Waals surface area contributed by atoms with Crippen molar-refractivity contribution in [3.63, 3.8) is 0 Å². The van der Waals surface area contributed by atoms with E-state index in [9.17, 15) is 18.0 Å². The van der Waals surface area contributed by atoms with Gasteiger partial charge in [-0.05, 0) is 64.4 Å². The molecule has 4 heterocycles. The number of anilines is 2. The predicted octanol–water partition coefficient (Wildman–Crippen LogP) is 3.33. The molecule has 3 aliphatic rings. The average molecular weight is 536 g/mol. The van der Waals surface area contributed by atoms with Gasteiger partial charge in [-0.2, -0.15) is 18.2 Å². The lowest BCUT2D eigenvalue weighted by Gasteiger charge is -2.37. The van der Waals surface area contributed by atoms with Gasteiger partial charge in [0, 0.05) is 32.2 Å². The van der Waals surface area contributed by atoms with Crippen LogP contribution >= 0.6 is 0 Å². The molecule has 208 valence electrons. The largest absolute Gasteiger partial charge is 0.494 e. The molecule has 3 unspecified atom stereocenters. The summed E-state index contributed by atoms with van der Waals surface area (Å²) in [7, 11) is 4.02. The summed E-state index contributed by atoms with van der Waals surface area (Å²) in [5.74, 6) is 1.23. The molecule has 0 N–H and O–H groups in total. The molecule has 38 heavy (non-hydrogen) atoms. The Balaban J connectivity index is 1.34. The van der Waals surface area contributed by atoms with Crippen molar-refractivity contribution in [2.75, 3.05) is 56.7 Å². The van der Waals surface area contributed by atoms with Crippen LogP contribution in [0.1, 0.15) is 31.7 Å². The van der Waals surface area contributed by atoms with Crippen molar-refractivity contribution in [1.29, 1.82) is 0 Å². The number of hydrogen-bond acceptors (Lipinski definition) is 7. The van der Waals surface area contributed by atoms with E-state index in [0.717, 1.165) is 48.6 Å². The summed E-state index contributed by atoms with van der Waals surface area (Å²) in [6.45, 7) is 3.45. The van der Waals surface area contributed by atoms with Crippen LogP contribution in [-0.4, -0.2) is 85.3 Å². The Morgan fingerprint density at radius 3 is 2.47 bits per heavy atom. The molecule has 1 aromatic carbocycles. The summed E-state index contributed by atoms with van der Waals surface area (Å²) in [6.07, 6.45) is -1.23. The van der Waals surface area contributed by atoms with E-state index in [2.05, 4.69) is 9.88 Å².